The highest BCUT2D eigenvalue weighted by molar-refractivity contribution is 5.98. The number of benzene rings is 3. The van der Waals surface area contributed by atoms with Gasteiger partial charge in [-0.15, -0.1) is 0 Å². The molecule has 1 N–H and O–H groups in total. The Labute approximate surface area is 227 Å². The average Bonchev–Trinajstić information content (AvgIpc) is 2.98. The van der Waals surface area contributed by atoms with Crippen molar-refractivity contribution in [3.63, 3.8) is 0 Å². The topological polar surface area (TPSA) is 86.9 Å². The van der Waals surface area contributed by atoms with Crippen LogP contribution in [0.25, 0.3) is 22.0 Å². The third kappa shape index (κ3) is 6.15. The Kier molecular flexibility index (Phi) is 8.27. The summed E-state index contributed by atoms with van der Waals surface area (Å²) in [5, 5.41) is 0.552. The number of pyridine rings is 1. The second kappa shape index (κ2) is 12.2. The molecule has 0 saturated carbocycles. The Morgan fingerprint density at radius 2 is 1.74 bits per heavy atom. The monoisotopic (exact) mass is 527 g/mol. The van der Waals surface area contributed by atoms with Crippen molar-refractivity contribution in [1.82, 2.24) is 4.98 Å². The first kappa shape index (κ1) is 26.5. The first-order chi connectivity index (χ1) is 19.0. The number of aromatic nitrogens is 1. The van der Waals surface area contributed by atoms with Gasteiger partial charge >= 0.3 is 5.97 Å². The molecule has 0 spiro atoms. The first-order valence-electron chi connectivity index (χ1n) is 13.4. The maximum absolute atomic E-state index is 13.4. The molecule has 0 unspecified atom stereocenters. The van der Waals surface area contributed by atoms with Gasteiger partial charge in [-0.2, -0.15) is 0 Å². The van der Waals surface area contributed by atoms with Gasteiger partial charge in [-0.05, 0) is 74.1 Å². The van der Waals surface area contributed by atoms with E-state index in [4.69, 9.17) is 18.9 Å². The minimum atomic E-state index is -0.385. The predicted octanol–water partition coefficient (Wildman–Crippen LogP) is 6.06. The molecule has 1 aromatic heterocycles. The van der Waals surface area contributed by atoms with Crippen molar-refractivity contribution >= 4 is 16.9 Å². The molecule has 3 aromatic carbocycles. The summed E-state index contributed by atoms with van der Waals surface area (Å²) in [5.41, 5.74) is 3.89. The van der Waals surface area contributed by atoms with Gasteiger partial charge in [-0.25, -0.2) is 4.79 Å². The summed E-state index contributed by atoms with van der Waals surface area (Å²) in [6, 6.07) is 20.4. The van der Waals surface area contributed by atoms with Gasteiger partial charge < -0.3 is 23.9 Å². The molecule has 1 aliphatic heterocycles. The van der Waals surface area contributed by atoms with E-state index in [-0.39, 0.29) is 18.0 Å². The van der Waals surface area contributed by atoms with Crippen LogP contribution in [-0.2, 0) is 16.1 Å². The smallest absolute Gasteiger partial charge is 0.338 e. The summed E-state index contributed by atoms with van der Waals surface area (Å²) in [5.74, 6) is 1.56. The number of aromatic amines is 1. The molecule has 1 fully saturated rings. The number of fused-ring (bicyclic) bond motifs is 1. The van der Waals surface area contributed by atoms with Crippen LogP contribution in [0.3, 0.4) is 0 Å². The Balaban J connectivity index is 1.33. The number of hydrogen-bond acceptors (Lipinski definition) is 6. The van der Waals surface area contributed by atoms with Crippen molar-refractivity contribution < 1.29 is 23.7 Å². The molecule has 4 aromatic rings. The van der Waals surface area contributed by atoms with Crippen LogP contribution in [0.15, 0.2) is 71.5 Å². The minimum absolute atomic E-state index is 0.0774. The molecule has 39 heavy (non-hydrogen) atoms. The predicted molar refractivity (Wildman–Crippen MR) is 151 cm³/mol. The lowest BCUT2D eigenvalue weighted by Crippen LogP contribution is -2.21. The molecule has 2 heterocycles. The van der Waals surface area contributed by atoms with Crippen LogP contribution >= 0.6 is 0 Å². The highest BCUT2D eigenvalue weighted by Crippen LogP contribution is 2.28. The van der Waals surface area contributed by atoms with Gasteiger partial charge in [0.1, 0.15) is 18.1 Å². The standard InChI is InChI=1S/C32H33NO6/c1-3-37-32(35)27-10-5-4-9-26(27)23-11-12-29-28(17-23)31(34)21(2)30(33-29)20-39-25-8-6-7-24(18-25)38-19-22-13-15-36-16-14-22/h4-12,17-18,22H,3,13-16,19-20H2,1-2H3,(H,33,34). The van der Waals surface area contributed by atoms with E-state index in [9.17, 15) is 9.59 Å². The number of carbonyl (C=O) groups excluding carboxylic acids is 1. The van der Waals surface area contributed by atoms with Crippen LogP contribution in [0, 0.1) is 12.8 Å². The molecule has 0 amide bonds. The first-order valence-corrected chi connectivity index (χ1v) is 13.4. The van der Waals surface area contributed by atoms with Crippen molar-refractivity contribution in [3.8, 4) is 22.6 Å². The SMILES string of the molecule is CCOC(=O)c1ccccc1-c1ccc2[nH]c(COc3cccc(OCC4CCOCC4)c3)c(C)c(=O)c2c1. The molecule has 0 aliphatic carbocycles. The summed E-state index contributed by atoms with van der Waals surface area (Å²) in [4.78, 5) is 29.2. The van der Waals surface area contributed by atoms with E-state index < -0.39 is 0 Å². The van der Waals surface area contributed by atoms with Gasteiger partial charge in [-0.1, -0.05) is 30.3 Å². The molecular formula is C32H33NO6. The highest BCUT2D eigenvalue weighted by atomic mass is 16.5. The van der Waals surface area contributed by atoms with Crippen LogP contribution in [0.1, 0.15) is 41.4 Å². The highest BCUT2D eigenvalue weighted by Gasteiger charge is 2.16. The zero-order valence-electron chi connectivity index (χ0n) is 22.3. The molecule has 0 radical (unpaired) electrons. The fourth-order valence-electron chi connectivity index (χ4n) is 4.81. The third-order valence-electron chi connectivity index (χ3n) is 7.09. The van der Waals surface area contributed by atoms with Gasteiger partial charge in [0.25, 0.3) is 0 Å². The van der Waals surface area contributed by atoms with E-state index in [0.29, 0.717) is 52.6 Å². The van der Waals surface area contributed by atoms with Crippen molar-refractivity contribution in [3.05, 3.63) is 93.8 Å². The molecule has 0 bridgehead atoms. The molecule has 7 nitrogen and oxygen atoms in total. The van der Waals surface area contributed by atoms with Crippen LogP contribution in [-0.4, -0.2) is 37.4 Å². The number of H-pyrrole nitrogens is 1. The number of hydrogen-bond donors (Lipinski definition) is 1. The summed E-state index contributed by atoms with van der Waals surface area (Å²) >= 11 is 0. The zero-order valence-corrected chi connectivity index (χ0v) is 22.3. The molecule has 1 aliphatic rings. The van der Waals surface area contributed by atoms with Gasteiger partial charge in [-0.3, -0.25) is 4.79 Å². The molecular weight excluding hydrogens is 494 g/mol. The average molecular weight is 528 g/mol. The minimum Gasteiger partial charge on any atom is -0.493 e. The van der Waals surface area contributed by atoms with Crippen molar-refractivity contribution in [2.24, 2.45) is 5.92 Å². The normalized spacial score (nSPS) is 13.8. The number of carbonyl (C=O) groups is 1. The fraction of sp³-hybridized carbons (Fsp3) is 0.312. The summed E-state index contributed by atoms with van der Waals surface area (Å²) in [6.07, 6.45) is 2.04. The Morgan fingerprint density at radius 1 is 0.974 bits per heavy atom. The fourth-order valence-corrected chi connectivity index (χ4v) is 4.81. The maximum atomic E-state index is 13.4. The molecule has 202 valence electrons. The summed E-state index contributed by atoms with van der Waals surface area (Å²) in [6.45, 7) is 6.33. The lowest BCUT2D eigenvalue weighted by molar-refractivity contribution is 0.0497. The van der Waals surface area contributed by atoms with Crippen molar-refractivity contribution in [2.45, 2.75) is 33.3 Å². The van der Waals surface area contributed by atoms with Gasteiger partial charge in [0.05, 0.1) is 24.5 Å². The Morgan fingerprint density at radius 3 is 2.54 bits per heavy atom. The molecule has 0 atom stereocenters. The summed E-state index contributed by atoms with van der Waals surface area (Å²) in [7, 11) is 0. The van der Waals surface area contributed by atoms with E-state index in [1.807, 2.05) is 54.6 Å². The molecule has 7 heteroatoms. The van der Waals surface area contributed by atoms with E-state index >= 15 is 0 Å². The second-order valence-corrected chi connectivity index (χ2v) is 9.71. The van der Waals surface area contributed by atoms with Gasteiger partial charge in [0, 0.05) is 35.7 Å². The van der Waals surface area contributed by atoms with E-state index in [1.165, 1.54) is 0 Å². The second-order valence-electron chi connectivity index (χ2n) is 9.71. The number of rotatable bonds is 9. The third-order valence-corrected chi connectivity index (χ3v) is 7.09. The van der Waals surface area contributed by atoms with Gasteiger partial charge in [0.15, 0.2) is 5.43 Å². The summed E-state index contributed by atoms with van der Waals surface area (Å²) < 4.78 is 22.7. The number of nitrogens with one attached hydrogen (secondary N) is 1. The van der Waals surface area contributed by atoms with Crippen LogP contribution < -0.4 is 14.9 Å². The Hall–Kier alpha value is -4.10. The van der Waals surface area contributed by atoms with Crippen LogP contribution in [0.4, 0.5) is 0 Å². The number of ether oxygens (including phenoxy) is 4. The largest absolute Gasteiger partial charge is 0.493 e. The lowest BCUT2D eigenvalue weighted by Gasteiger charge is -2.22. The molecule has 1 saturated heterocycles. The quantitative estimate of drug-likeness (QED) is 0.266. The zero-order chi connectivity index (χ0) is 27.2. The van der Waals surface area contributed by atoms with Crippen molar-refractivity contribution in [2.75, 3.05) is 26.4 Å². The Bertz CT molecular complexity index is 1520. The van der Waals surface area contributed by atoms with Gasteiger partial charge in [0.2, 0.25) is 0 Å². The van der Waals surface area contributed by atoms with E-state index in [2.05, 4.69) is 4.98 Å². The van der Waals surface area contributed by atoms with E-state index in [0.717, 1.165) is 42.9 Å². The molecule has 5 rings (SSSR count). The maximum Gasteiger partial charge on any atom is 0.338 e. The van der Waals surface area contributed by atoms with Crippen LogP contribution in [0.2, 0.25) is 0 Å². The van der Waals surface area contributed by atoms with Crippen LogP contribution in [0.5, 0.6) is 11.5 Å². The lowest BCUT2D eigenvalue weighted by atomic mass is 9.97. The number of esters is 1. The van der Waals surface area contributed by atoms with E-state index in [1.54, 1.807) is 26.0 Å². The van der Waals surface area contributed by atoms with Crippen molar-refractivity contribution in [1.29, 1.82) is 0 Å².